The minimum Gasteiger partial charge on any atom is -0.493 e. The molecule has 1 aromatic carbocycles. The van der Waals surface area contributed by atoms with Gasteiger partial charge in [0, 0.05) is 11.9 Å². The molecule has 0 aliphatic heterocycles. The molecule has 0 saturated carbocycles. The van der Waals surface area contributed by atoms with E-state index in [0.717, 1.165) is 0 Å². The van der Waals surface area contributed by atoms with Crippen LogP contribution in [0.5, 0.6) is 5.75 Å². The van der Waals surface area contributed by atoms with Crippen molar-refractivity contribution in [2.75, 3.05) is 11.9 Å². The molecular formula is C15H14N2O4. The lowest BCUT2D eigenvalue weighted by atomic mass is 10.3. The van der Waals surface area contributed by atoms with Gasteiger partial charge in [-0.15, -0.1) is 0 Å². The number of para-hydroxylation sites is 1. The van der Waals surface area contributed by atoms with Gasteiger partial charge < -0.3 is 15.2 Å². The molecule has 0 saturated heterocycles. The van der Waals surface area contributed by atoms with E-state index >= 15 is 0 Å². The lowest BCUT2D eigenvalue weighted by Crippen LogP contribution is -2.15. The molecule has 0 aliphatic carbocycles. The molecule has 21 heavy (non-hydrogen) atoms. The van der Waals surface area contributed by atoms with Crippen LogP contribution in [0, 0.1) is 0 Å². The average molecular weight is 286 g/mol. The van der Waals surface area contributed by atoms with E-state index in [9.17, 15) is 9.59 Å². The maximum Gasteiger partial charge on any atom is 0.354 e. The topological polar surface area (TPSA) is 88.5 Å². The third-order valence-corrected chi connectivity index (χ3v) is 2.60. The number of amides is 1. The van der Waals surface area contributed by atoms with Gasteiger partial charge in [-0.1, -0.05) is 18.2 Å². The fraction of sp³-hybridized carbons (Fsp3) is 0.133. The van der Waals surface area contributed by atoms with Gasteiger partial charge in [-0.05, 0) is 24.3 Å². The van der Waals surface area contributed by atoms with Crippen LogP contribution in [-0.4, -0.2) is 28.6 Å². The largest absolute Gasteiger partial charge is 0.493 e. The predicted molar refractivity (Wildman–Crippen MR) is 76.4 cm³/mol. The SMILES string of the molecule is O=C(CCOc1ccccc1)Nc1ccnc(C(=O)O)c1. The van der Waals surface area contributed by atoms with Gasteiger partial charge in [-0.3, -0.25) is 4.79 Å². The first kappa shape index (κ1) is 14.5. The summed E-state index contributed by atoms with van der Waals surface area (Å²) in [7, 11) is 0. The van der Waals surface area contributed by atoms with E-state index in [0.29, 0.717) is 11.4 Å². The molecule has 0 bridgehead atoms. The molecule has 2 N–H and O–H groups in total. The molecule has 0 unspecified atom stereocenters. The normalized spacial score (nSPS) is 9.90. The second-order valence-electron chi connectivity index (χ2n) is 4.19. The van der Waals surface area contributed by atoms with Crippen molar-refractivity contribution in [3.05, 3.63) is 54.4 Å². The molecule has 0 fully saturated rings. The Labute approximate surface area is 121 Å². The summed E-state index contributed by atoms with van der Waals surface area (Å²) < 4.78 is 5.41. The van der Waals surface area contributed by atoms with Gasteiger partial charge in [-0.25, -0.2) is 9.78 Å². The first-order chi connectivity index (χ1) is 10.1. The van der Waals surface area contributed by atoms with Gasteiger partial charge in [0.25, 0.3) is 0 Å². The van der Waals surface area contributed by atoms with Crippen LogP contribution in [-0.2, 0) is 4.79 Å². The zero-order valence-corrected chi connectivity index (χ0v) is 11.2. The van der Waals surface area contributed by atoms with Crippen LogP contribution in [0.15, 0.2) is 48.7 Å². The fourth-order valence-corrected chi connectivity index (χ4v) is 1.63. The number of aromatic carboxylic acids is 1. The number of anilines is 1. The summed E-state index contributed by atoms with van der Waals surface area (Å²) in [6.07, 6.45) is 1.50. The zero-order chi connectivity index (χ0) is 15.1. The quantitative estimate of drug-likeness (QED) is 0.849. The third-order valence-electron chi connectivity index (χ3n) is 2.60. The molecule has 6 heteroatoms. The molecule has 2 aromatic rings. The monoisotopic (exact) mass is 286 g/mol. The summed E-state index contributed by atoms with van der Waals surface area (Å²) >= 11 is 0. The number of nitrogens with one attached hydrogen (secondary N) is 1. The average Bonchev–Trinajstić information content (AvgIpc) is 2.48. The van der Waals surface area contributed by atoms with E-state index in [1.54, 1.807) is 12.1 Å². The van der Waals surface area contributed by atoms with Gasteiger partial charge in [0.2, 0.25) is 5.91 Å². The van der Waals surface area contributed by atoms with Crippen LogP contribution in [0.4, 0.5) is 5.69 Å². The molecule has 0 spiro atoms. The number of hydrogen-bond acceptors (Lipinski definition) is 4. The molecule has 0 atom stereocenters. The van der Waals surface area contributed by atoms with E-state index in [-0.39, 0.29) is 24.6 Å². The summed E-state index contributed by atoms with van der Waals surface area (Å²) in [4.78, 5) is 26.2. The number of carbonyl (C=O) groups excluding carboxylic acids is 1. The lowest BCUT2D eigenvalue weighted by molar-refractivity contribution is -0.116. The van der Waals surface area contributed by atoms with Crippen molar-refractivity contribution >= 4 is 17.6 Å². The Morgan fingerprint density at radius 3 is 2.67 bits per heavy atom. The molecule has 1 heterocycles. The smallest absolute Gasteiger partial charge is 0.354 e. The maximum absolute atomic E-state index is 11.7. The fourth-order valence-electron chi connectivity index (χ4n) is 1.63. The molecule has 0 aliphatic rings. The number of benzene rings is 1. The zero-order valence-electron chi connectivity index (χ0n) is 11.2. The molecular weight excluding hydrogens is 272 g/mol. The van der Waals surface area contributed by atoms with Gasteiger partial charge in [-0.2, -0.15) is 0 Å². The number of carboxylic acid groups (broad SMARTS) is 1. The first-order valence-electron chi connectivity index (χ1n) is 6.32. The van der Waals surface area contributed by atoms with Crippen molar-refractivity contribution in [1.29, 1.82) is 0 Å². The Hall–Kier alpha value is -2.89. The number of ether oxygens (including phenoxy) is 1. The molecule has 2 rings (SSSR count). The van der Waals surface area contributed by atoms with Crippen LogP contribution < -0.4 is 10.1 Å². The van der Waals surface area contributed by atoms with Crippen LogP contribution >= 0.6 is 0 Å². The minimum absolute atomic E-state index is 0.117. The third kappa shape index (κ3) is 4.61. The summed E-state index contributed by atoms with van der Waals surface area (Å²) in [5.74, 6) is -0.700. The highest BCUT2D eigenvalue weighted by Gasteiger charge is 2.07. The summed E-state index contributed by atoms with van der Waals surface area (Å²) in [6.45, 7) is 0.243. The van der Waals surface area contributed by atoms with E-state index < -0.39 is 5.97 Å². The molecule has 0 radical (unpaired) electrons. The minimum atomic E-state index is -1.14. The number of carbonyl (C=O) groups is 2. The van der Waals surface area contributed by atoms with E-state index in [1.165, 1.54) is 18.3 Å². The Bertz CT molecular complexity index is 629. The highest BCUT2D eigenvalue weighted by Crippen LogP contribution is 2.10. The molecule has 108 valence electrons. The number of pyridine rings is 1. The first-order valence-corrected chi connectivity index (χ1v) is 6.32. The van der Waals surface area contributed by atoms with Crippen molar-refractivity contribution in [1.82, 2.24) is 4.98 Å². The van der Waals surface area contributed by atoms with Crippen LogP contribution in [0.25, 0.3) is 0 Å². The Morgan fingerprint density at radius 1 is 1.19 bits per heavy atom. The van der Waals surface area contributed by atoms with Crippen molar-refractivity contribution in [2.45, 2.75) is 6.42 Å². The second kappa shape index (κ2) is 7.04. The van der Waals surface area contributed by atoms with Crippen LogP contribution in [0.2, 0.25) is 0 Å². The van der Waals surface area contributed by atoms with Gasteiger partial charge in [0.15, 0.2) is 0 Å². The van der Waals surface area contributed by atoms with Crippen LogP contribution in [0.1, 0.15) is 16.9 Å². The number of aromatic nitrogens is 1. The van der Waals surface area contributed by atoms with Crippen molar-refractivity contribution in [2.24, 2.45) is 0 Å². The van der Waals surface area contributed by atoms with Crippen LogP contribution in [0.3, 0.4) is 0 Å². The molecule has 1 aromatic heterocycles. The highest BCUT2D eigenvalue weighted by atomic mass is 16.5. The second-order valence-corrected chi connectivity index (χ2v) is 4.19. The van der Waals surface area contributed by atoms with E-state index in [1.807, 2.05) is 18.2 Å². The van der Waals surface area contributed by atoms with Crippen molar-refractivity contribution < 1.29 is 19.4 Å². The van der Waals surface area contributed by atoms with E-state index in [4.69, 9.17) is 9.84 Å². The summed E-state index contributed by atoms with van der Waals surface area (Å²) in [5, 5.41) is 11.4. The number of hydrogen-bond donors (Lipinski definition) is 2. The predicted octanol–water partition coefficient (Wildman–Crippen LogP) is 2.19. The Balaban J connectivity index is 1.82. The Morgan fingerprint density at radius 2 is 1.95 bits per heavy atom. The number of rotatable bonds is 6. The van der Waals surface area contributed by atoms with Gasteiger partial charge in [0.1, 0.15) is 11.4 Å². The number of nitrogens with zero attached hydrogens (tertiary/aromatic N) is 1. The van der Waals surface area contributed by atoms with Crippen molar-refractivity contribution in [3.63, 3.8) is 0 Å². The highest BCUT2D eigenvalue weighted by molar-refractivity contribution is 5.92. The van der Waals surface area contributed by atoms with Gasteiger partial charge in [0.05, 0.1) is 13.0 Å². The summed E-state index contributed by atoms with van der Waals surface area (Å²) in [6, 6.07) is 12.0. The van der Waals surface area contributed by atoms with Crippen molar-refractivity contribution in [3.8, 4) is 5.75 Å². The summed E-state index contributed by atoms with van der Waals surface area (Å²) in [5.41, 5.74) is 0.278. The maximum atomic E-state index is 11.7. The van der Waals surface area contributed by atoms with Gasteiger partial charge >= 0.3 is 5.97 Å². The molecule has 6 nitrogen and oxygen atoms in total. The number of carboxylic acids is 1. The van der Waals surface area contributed by atoms with E-state index in [2.05, 4.69) is 10.3 Å². The Kier molecular flexibility index (Phi) is 4.87. The standard InChI is InChI=1S/C15H14N2O4/c18-14(7-9-21-12-4-2-1-3-5-12)17-11-6-8-16-13(10-11)15(19)20/h1-6,8,10H,7,9H2,(H,19,20)(H,16,17,18). The molecule has 1 amide bonds. The lowest BCUT2D eigenvalue weighted by Gasteiger charge is -2.07.